The van der Waals surface area contributed by atoms with Crippen LogP contribution >= 0.6 is 15.9 Å². The van der Waals surface area contributed by atoms with Gasteiger partial charge in [-0.15, -0.1) is 0 Å². The standard InChI is InChI=1S/C12H8BrF2N/c13-6-8-5-12(16-7-11(8)15)9-3-1-2-4-10(9)14/h1-5,7H,6H2. The van der Waals surface area contributed by atoms with E-state index in [0.717, 1.165) is 6.20 Å². The summed E-state index contributed by atoms with van der Waals surface area (Å²) in [6.07, 6.45) is 1.11. The lowest BCUT2D eigenvalue weighted by Crippen LogP contribution is -1.93. The fourth-order valence-electron chi connectivity index (χ4n) is 1.40. The first-order chi connectivity index (χ1) is 7.72. The summed E-state index contributed by atoms with van der Waals surface area (Å²) in [5.74, 6) is -0.751. The zero-order valence-corrected chi connectivity index (χ0v) is 9.84. The molecule has 0 aliphatic heterocycles. The number of pyridine rings is 1. The second-order valence-corrected chi connectivity index (χ2v) is 3.84. The number of halogens is 3. The van der Waals surface area contributed by atoms with Crippen molar-refractivity contribution < 1.29 is 8.78 Å². The van der Waals surface area contributed by atoms with Crippen LogP contribution < -0.4 is 0 Å². The average Bonchev–Trinajstić information content (AvgIpc) is 2.31. The monoisotopic (exact) mass is 283 g/mol. The molecule has 2 aromatic rings. The van der Waals surface area contributed by atoms with Crippen LogP contribution in [0.2, 0.25) is 0 Å². The summed E-state index contributed by atoms with van der Waals surface area (Å²) in [6, 6.07) is 7.84. The number of hydrogen-bond donors (Lipinski definition) is 0. The molecular weight excluding hydrogens is 276 g/mol. The molecule has 0 spiro atoms. The van der Waals surface area contributed by atoms with Gasteiger partial charge >= 0.3 is 0 Å². The first-order valence-electron chi connectivity index (χ1n) is 4.67. The third-order valence-corrected chi connectivity index (χ3v) is 2.83. The van der Waals surface area contributed by atoms with Crippen LogP contribution in [0.25, 0.3) is 11.3 Å². The van der Waals surface area contributed by atoms with Crippen molar-refractivity contribution in [1.29, 1.82) is 0 Å². The lowest BCUT2D eigenvalue weighted by atomic mass is 10.1. The predicted molar refractivity (Wildman–Crippen MR) is 62.2 cm³/mol. The third kappa shape index (κ3) is 2.11. The number of alkyl halides is 1. The van der Waals surface area contributed by atoms with Crippen molar-refractivity contribution in [3.8, 4) is 11.3 Å². The summed E-state index contributed by atoms with van der Waals surface area (Å²) >= 11 is 3.17. The normalized spacial score (nSPS) is 10.4. The van der Waals surface area contributed by atoms with E-state index in [1.807, 2.05) is 0 Å². The Morgan fingerprint density at radius 2 is 1.88 bits per heavy atom. The highest BCUT2D eigenvalue weighted by atomic mass is 79.9. The molecule has 0 atom stereocenters. The molecule has 1 aromatic heterocycles. The fraction of sp³-hybridized carbons (Fsp3) is 0.0833. The van der Waals surface area contributed by atoms with Gasteiger partial charge in [-0.25, -0.2) is 8.78 Å². The Bertz CT molecular complexity index is 514. The van der Waals surface area contributed by atoms with Crippen LogP contribution in [0, 0.1) is 11.6 Å². The lowest BCUT2D eigenvalue weighted by Gasteiger charge is -2.04. The molecule has 0 fully saturated rings. The van der Waals surface area contributed by atoms with Gasteiger partial charge in [-0.2, -0.15) is 0 Å². The second kappa shape index (κ2) is 4.70. The molecule has 0 bridgehead atoms. The molecule has 0 aliphatic carbocycles. The Morgan fingerprint density at radius 1 is 1.12 bits per heavy atom. The van der Waals surface area contributed by atoms with Crippen LogP contribution in [0.3, 0.4) is 0 Å². The van der Waals surface area contributed by atoms with Gasteiger partial charge in [-0.3, -0.25) is 4.98 Å². The smallest absolute Gasteiger partial charge is 0.145 e. The molecule has 1 aromatic carbocycles. The van der Waals surface area contributed by atoms with Gasteiger partial charge in [0.1, 0.15) is 11.6 Å². The van der Waals surface area contributed by atoms with Crippen molar-refractivity contribution in [2.45, 2.75) is 5.33 Å². The molecule has 0 amide bonds. The van der Waals surface area contributed by atoms with Crippen molar-refractivity contribution in [2.24, 2.45) is 0 Å². The van der Waals surface area contributed by atoms with Crippen LogP contribution in [-0.4, -0.2) is 4.98 Å². The zero-order chi connectivity index (χ0) is 11.5. The van der Waals surface area contributed by atoms with Crippen LogP contribution in [0.1, 0.15) is 5.56 Å². The maximum Gasteiger partial charge on any atom is 0.145 e. The topological polar surface area (TPSA) is 12.9 Å². The van der Waals surface area contributed by atoms with Crippen LogP contribution in [0.15, 0.2) is 36.5 Å². The maximum atomic E-state index is 13.5. The van der Waals surface area contributed by atoms with E-state index in [1.54, 1.807) is 24.3 Å². The van der Waals surface area contributed by atoms with Crippen LogP contribution in [0.5, 0.6) is 0 Å². The first-order valence-corrected chi connectivity index (χ1v) is 5.80. The van der Waals surface area contributed by atoms with Gasteiger partial charge in [-0.05, 0) is 18.2 Å². The minimum absolute atomic E-state index is 0.359. The molecule has 16 heavy (non-hydrogen) atoms. The number of rotatable bonds is 2. The molecule has 0 aliphatic rings. The highest BCUT2D eigenvalue weighted by Gasteiger charge is 2.08. The largest absolute Gasteiger partial charge is 0.253 e. The Balaban J connectivity index is 2.53. The van der Waals surface area contributed by atoms with Gasteiger partial charge in [-0.1, -0.05) is 28.1 Å². The fourth-order valence-corrected chi connectivity index (χ4v) is 1.83. The first kappa shape index (κ1) is 11.2. The van der Waals surface area contributed by atoms with E-state index in [9.17, 15) is 8.78 Å². The van der Waals surface area contributed by atoms with Crippen molar-refractivity contribution in [2.75, 3.05) is 0 Å². The minimum atomic E-state index is -0.392. The summed E-state index contributed by atoms with van der Waals surface area (Å²) in [5.41, 5.74) is 1.28. The molecule has 4 heteroatoms. The van der Waals surface area contributed by atoms with Crippen LogP contribution in [0.4, 0.5) is 8.78 Å². The van der Waals surface area contributed by atoms with E-state index < -0.39 is 5.82 Å². The Kier molecular flexibility index (Phi) is 3.29. The second-order valence-electron chi connectivity index (χ2n) is 3.27. The molecule has 0 saturated carbocycles. The molecule has 0 unspecified atom stereocenters. The maximum absolute atomic E-state index is 13.5. The van der Waals surface area contributed by atoms with Gasteiger partial charge in [0.25, 0.3) is 0 Å². The number of hydrogen-bond acceptors (Lipinski definition) is 1. The predicted octanol–water partition coefficient (Wildman–Crippen LogP) is 3.92. The molecule has 1 heterocycles. The number of nitrogens with zero attached hydrogens (tertiary/aromatic N) is 1. The summed E-state index contributed by atoms with van der Waals surface area (Å²) < 4.78 is 26.7. The van der Waals surface area contributed by atoms with E-state index in [-0.39, 0.29) is 5.82 Å². The Morgan fingerprint density at radius 3 is 2.56 bits per heavy atom. The van der Waals surface area contributed by atoms with Crippen molar-refractivity contribution in [1.82, 2.24) is 4.98 Å². The quantitative estimate of drug-likeness (QED) is 0.762. The van der Waals surface area contributed by atoms with Gasteiger partial charge in [0.15, 0.2) is 0 Å². The molecule has 0 N–H and O–H groups in total. The van der Waals surface area contributed by atoms with E-state index in [2.05, 4.69) is 20.9 Å². The zero-order valence-electron chi connectivity index (χ0n) is 8.25. The van der Waals surface area contributed by atoms with E-state index >= 15 is 0 Å². The Hall–Kier alpha value is -1.29. The molecule has 0 radical (unpaired) electrons. The van der Waals surface area contributed by atoms with E-state index in [1.165, 1.54) is 6.07 Å². The molecule has 82 valence electrons. The SMILES string of the molecule is Fc1cnc(-c2ccccc2F)cc1CBr. The van der Waals surface area contributed by atoms with Gasteiger partial charge in [0.2, 0.25) is 0 Å². The summed E-state index contributed by atoms with van der Waals surface area (Å²) in [5, 5.41) is 0.378. The third-order valence-electron chi connectivity index (χ3n) is 2.23. The summed E-state index contributed by atoms with van der Waals surface area (Å²) in [4.78, 5) is 3.88. The van der Waals surface area contributed by atoms with Gasteiger partial charge in [0.05, 0.1) is 11.9 Å². The van der Waals surface area contributed by atoms with Crippen molar-refractivity contribution in [3.05, 3.63) is 53.7 Å². The number of aromatic nitrogens is 1. The Labute approximate surface area is 100 Å². The van der Waals surface area contributed by atoms with E-state index in [0.29, 0.717) is 22.2 Å². The minimum Gasteiger partial charge on any atom is -0.253 e. The molecule has 2 rings (SSSR count). The highest BCUT2D eigenvalue weighted by molar-refractivity contribution is 9.08. The summed E-state index contributed by atoms with van der Waals surface area (Å²) in [6.45, 7) is 0. The van der Waals surface area contributed by atoms with E-state index in [4.69, 9.17) is 0 Å². The molecule has 0 saturated heterocycles. The highest BCUT2D eigenvalue weighted by Crippen LogP contribution is 2.23. The summed E-state index contributed by atoms with van der Waals surface area (Å²) in [7, 11) is 0. The van der Waals surface area contributed by atoms with Gasteiger partial charge < -0.3 is 0 Å². The lowest BCUT2D eigenvalue weighted by molar-refractivity contribution is 0.610. The average molecular weight is 284 g/mol. The van der Waals surface area contributed by atoms with Crippen molar-refractivity contribution in [3.63, 3.8) is 0 Å². The molecular formula is C12H8BrF2N. The molecule has 1 nitrogen and oxygen atoms in total. The number of benzene rings is 1. The van der Waals surface area contributed by atoms with Crippen molar-refractivity contribution >= 4 is 15.9 Å². The van der Waals surface area contributed by atoms with Gasteiger partial charge in [0, 0.05) is 16.5 Å². The van der Waals surface area contributed by atoms with Crippen LogP contribution in [-0.2, 0) is 5.33 Å².